The lowest BCUT2D eigenvalue weighted by atomic mass is 9.56. The highest BCUT2D eigenvalue weighted by molar-refractivity contribution is 5.87. The first kappa shape index (κ1) is 23.6. The summed E-state index contributed by atoms with van der Waals surface area (Å²) in [6.45, 7) is 4.58. The van der Waals surface area contributed by atoms with Crippen molar-refractivity contribution in [3.63, 3.8) is 0 Å². The Kier molecular flexibility index (Phi) is 4.81. The molecule has 1 saturated carbocycles. The van der Waals surface area contributed by atoms with Crippen LogP contribution in [0.15, 0.2) is 64.1 Å². The Morgan fingerprint density at radius 3 is 2.76 bits per heavy atom. The lowest BCUT2D eigenvalue weighted by molar-refractivity contribution is -0.162. The molecule has 194 valence electrons. The Bertz CT molecular complexity index is 1480. The van der Waals surface area contributed by atoms with Crippen LogP contribution in [0.2, 0.25) is 0 Å². The quantitative estimate of drug-likeness (QED) is 0.582. The SMILES string of the molecule is CC1=C2C=C3[C@@H](O)[C@H](O)[C@@H](N(C)C)C[C@]34CC[C@]2(O4)C2CC=C(c3ccc4cc[nH]c(=O)c4c3)[C@@]2(C)C1. The first-order valence-corrected chi connectivity index (χ1v) is 13.6. The van der Waals surface area contributed by atoms with Crippen molar-refractivity contribution < 1.29 is 14.9 Å². The molecular formula is C31H36N2O4. The van der Waals surface area contributed by atoms with Crippen molar-refractivity contribution in [2.45, 2.75) is 75.4 Å². The number of benzene rings is 1. The van der Waals surface area contributed by atoms with Gasteiger partial charge in [-0.2, -0.15) is 0 Å². The van der Waals surface area contributed by atoms with Crippen molar-refractivity contribution in [1.82, 2.24) is 9.88 Å². The maximum atomic E-state index is 12.6. The third-order valence-corrected chi connectivity index (χ3v) is 10.5. The average Bonchev–Trinajstić information content (AvgIpc) is 3.36. The van der Waals surface area contributed by atoms with Crippen molar-refractivity contribution in [1.29, 1.82) is 0 Å². The minimum atomic E-state index is -0.918. The van der Waals surface area contributed by atoms with E-state index in [0.717, 1.165) is 47.6 Å². The molecular weight excluding hydrogens is 464 g/mol. The fourth-order valence-corrected chi connectivity index (χ4v) is 8.80. The number of hydrogen-bond acceptors (Lipinski definition) is 5. The lowest BCUT2D eigenvalue weighted by Crippen LogP contribution is -2.62. The predicted molar refractivity (Wildman–Crippen MR) is 144 cm³/mol. The molecule has 7 rings (SSSR count). The minimum absolute atomic E-state index is 0.0558. The zero-order valence-electron chi connectivity index (χ0n) is 22.0. The first-order valence-electron chi connectivity index (χ1n) is 13.6. The van der Waals surface area contributed by atoms with Gasteiger partial charge >= 0.3 is 0 Å². The van der Waals surface area contributed by atoms with Crippen LogP contribution in [0.25, 0.3) is 16.3 Å². The van der Waals surface area contributed by atoms with Gasteiger partial charge in [-0.15, -0.1) is 0 Å². The van der Waals surface area contributed by atoms with E-state index >= 15 is 0 Å². The normalized spacial score (nSPS) is 40.4. The maximum absolute atomic E-state index is 12.6. The van der Waals surface area contributed by atoms with Gasteiger partial charge in [-0.25, -0.2) is 0 Å². The summed E-state index contributed by atoms with van der Waals surface area (Å²) < 4.78 is 7.29. The van der Waals surface area contributed by atoms with E-state index in [2.05, 4.69) is 49.2 Å². The van der Waals surface area contributed by atoms with Crippen LogP contribution in [-0.2, 0) is 4.74 Å². The van der Waals surface area contributed by atoms with E-state index in [1.165, 1.54) is 16.7 Å². The summed E-state index contributed by atoms with van der Waals surface area (Å²) in [6, 6.07) is 8.05. The number of aromatic nitrogens is 1. The Balaban J connectivity index is 1.34. The number of nitrogens with zero attached hydrogens (tertiary/aromatic N) is 1. The highest BCUT2D eigenvalue weighted by Crippen LogP contribution is 2.69. The van der Waals surface area contributed by atoms with Crippen molar-refractivity contribution >= 4 is 16.3 Å². The molecule has 2 bridgehead atoms. The highest BCUT2D eigenvalue weighted by atomic mass is 16.5. The standard InChI is InChI=1S/C31H36N2O4/c1-17-15-29(2)21(19-6-5-18-9-12-32-28(36)20(18)13-19)7-8-25(29)31-11-10-30(37-31)16-24(33(3)4)27(35)26(34)23(30)14-22(17)31/h5-7,9,12-14,24-27,34-35H,8,10-11,15-16H2,1-4H3,(H,32,36)/t24-,25?,26+,27+,29+,30+,31+/m0/s1. The summed E-state index contributed by atoms with van der Waals surface area (Å²) in [4.78, 5) is 17.4. The van der Waals surface area contributed by atoms with Crippen LogP contribution >= 0.6 is 0 Å². The summed E-state index contributed by atoms with van der Waals surface area (Å²) in [5.74, 6) is 0.275. The van der Waals surface area contributed by atoms with Crippen LogP contribution in [-0.4, -0.2) is 63.6 Å². The van der Waals surface area contributed by atoms with E-state index in [1.54, 1.807) is 6.20 Å². The first-order chi connectivity index (χ1) is 17.6. The molecule has 1 aromatic heterocycles. The van der Waals surface area contributed by atoms with E-state index in [0.29, 0.717) is 6.42 Å². The third-order valence-electron chi connectivity index (χ3n) is 10.5. The van der Waals surface area contributed by atoms with E-state index < -0.39 is 23.4 Å². The topological polar surface area (TPSA) is 85.8 Å². The molecule has 2 spiro atoms. The van der Waals surface area contributed by atoms with Gasteiger partial charge in [-0.1, -0.05) is 36.8 Å². The monoisotopic (exact) mass is 500 g/mol. The number of likely N-dealkylation sites (N-methyl/N-ethyl adjacent to an activating group) is 1. The number of rotatable bonds is 2. The van der Waals surface area contributed by atoms with Gasteiger partial charge in [0.05, 0.1) is 17.3 Å². The van der Waals surface area contributed by atoms with E-state index in [4.69, 9.17) is 4.74 Å². The lowest BCUT2D eigenvalue weighted by Gasteiger charge is -2.56. The number of aromatic amines is 1. The molecule has 3 heterocycles. The fourth-order valence-electron chi connectivity index (χ4n) is 8.80. The molecule has 6 heteroatoms. The van der Waals surface area contributed by atoms with Crippen LogP contribution in [0.3, 0.4) is 0 Å². The van der Waals surface area contributed by atoms with E-state index in [9.17, 15) is 15.0 Å². The predicted octanol–water partition coefficient (Wildman–Crippen LogP) is 3.94. The molecule has 0 radical (unpaired) electrons. The van der Waals surface area contributed by atoms with Gasteiger partial charge < -0.3 is 24.8 Å². The van der Waals surface area contributed by atoms with Crippen LogP contribution in [0.4, 0.5) is 0 Å². The molecule has 7 atom stereocenters. The number of aliphatic hydroxyl groups excluding tert-OH is 2. The van der Waals surface area contributed by atoms with Gasteiger partial charge in [-0.05, 0) is 92.9 Å². The molecule has 2 fully saturated rings. The number of H-pyrrole nitrogens is 1. The summed E-state index contributed by atoms with van der Waals surface area (Å²) in [7, 11) is 3.93. The largest absolute Gasteiger partial charge is 0.388 e. The highest BCUT2D eigenvalue weighted by Gasteiger charge is 2.68. The van der Waals surface area contributed by atoms with Gasteiger partial charge in [0.15, 0.2) is 0 Å². The Morgan fingerprint density at radius 1 is 1.16 bits per heavy atom. The molecule has 5 aliphatic rings. The number of nitrogens with one attached hydrogen (secondary N) is 1. The van der Waals surface area contributed by atoms with E-state index in [-0.39, 0.29) is 22.9 Å². The molecule has 3 aliphatic carbocycles. The van der Waals surface area contributed by atoms with Crippen molar-refractivity contribution in [2.24, 2.45) is 11.3 Å². The molecule has 1 aromatic carbocycles. The third kappa shape index (κ3) is 2.93. The van der Waals surface area contributed by atoms with Crippen LogP contribution < -0.4 is 5.56 Å². The van der Waals surface area contributed by atoms with Crippen LogP contribution in [0.5, 0.6) is 0 Å². The Hall–Kier alpha value is -2.51. The van der Waals surface area contributed by atoms with Crippen molar-refractivity contribution in [3.05, 3.63) is 75.3 Å². The maximum Gasteiger partial charge on any atom is 0.255 e. The van der Waals surface area contributed by atoms with Crippen LogP contribution in [0.1, 0.15) is 51.5 Å². The second kappa shape index (κ2) is 7.54. The van der Waals surface area contributed by atoms with Gasteiger partial charge in [0, 0.05) is 29.0 Å². The zero-order valence-corrected chi connectivity index (χ0v) is 22.0. The Morgan fingerprint density at radius 2 is 1.97 bits per heavy atom. The van der Waals surface area contributed by atoms with Crippen molar-refractivity contribution in [3.8, 4) is 0 Å². The molecule has 6 nitrogen and oxygen atoms in total. The molecule has 1 saturated heterocycles. The number of pyridine rings is 1. The molecule has 2 aliphatic heterocycles. The van der Waals surface area contributed by atoms with Gasteiger partial charge in [0.1, 0.15) is 6.10 Å². The summed E-state index contributed by atoms with van der Waals surface area (Å²) in [5, 5.41) is 23.8. The van der Waals surface area contributed by atoms with Gasteiger partial charge in [-0.3, -0.25) is 4.79 Å². The smallest absolute Gasteiger partial charge is 0.255 e. The zero-order chi connectivity index (χ0) is 25.9. The summed E-state index contributed by atoms with van der Waals surface area (Å²) in [6.07, 6.45) is 8.84. The van der Waals surface area contributed by atoms with Gasteiger partial charge in [0.25, 0.3) is 5.56 Å². The molecule has 1 unspecified atom stereocenters. The summed E-state index contributed by atoms with van der Waals surface area (Å²) in [5.41, 5.74) is 4.70. The number of allylic oxidation sites excluding steroid dienone is 3. The summed E-state index contributed by atoms with van der Waals surface area (Å²) >= 11 is 0. The second-order valence-corrected chi connectivity index (χ2v) is 12.6. The Labute approximate surface area is 217 Å². The fraction of sp³-hybridized carbons (Fsp3) is 0.516. The van der Waals surface area contributed by atoms with E-state index in [1.807, 2.05) is 25.1 Å². The minimum Gasteiger partial charge on any atom is -0.388 e. The number of ether oxygens (including phenoxy) is 1. The number of fused-ring (bicyclic) bond motifs is 2. The second-order valence-electron chi connectivity index (χ2n) is 12.6. The van der Waals surface area contributed by atoms with Crippen LogP contribution in [0, 0.1) is 11.3 Å². The molecule has 0 amide bonds. The van der Waals surface area contributed by atoms with Crippen molar-refractivity contribution in [2.75, 3.05) is 14.1 Å². The molecule has 2 aromatic rings. The molecule has 37 heavy (non-hydrogen) atoms. The number of hydrogen-bond donors (Lipinski definition) is 3. The average molecular weight is 501 g/mol. The van der Waals surface area contributed by atoms with Gasteiger partial charge in [0.2, 0.25) is 0 Å². The number of aliphatic hydroxyl groups is 2. The molecule has 3 N–H and O–H groups in total.